The van der Waals surface area contributed by atoms with Crippen LogP contribution in [0.4, 0.5) is 5.69 Å². The van der Waals surface area contributed by atoms with Gasteiger partial charge in [0.15, 0.2) is 0 Å². The van der Waals surface area contributed by atoms with Gasteiger partial charge >= 0.3 is 0 Å². The lowest BCUT2D eigenvalue weighted by atomic mass is 10.1. The first-order valence-electron chi connectivity index (χ1n) is 7.03. The topological polar surface area (TPSA) is 38.4 Å². The van der Waals surface area contributed by atoms with Crippen LogP contribution in [0.3, 0.4) is 0 Å². The van der Waals surface area contributed by atoms with Gasteiger partial charge in [-0.3, -0.25) is 0 Å². The second-order valence-electron chi connectivity index (χ2n) is 5.40. The first kappa shape index (κ1) is 13.4. The smallest absolute Gasteiger partial charge is 0.131 e. The standard InChI is InChI=1S/C19H18N2/c1-13-3-6-15(7-4-13)19(20)21-18-10-9-16-11-14(2)5-8-17(16)12-18/h3-12H,1-2H3,(H2,20,21). The van der Waals surface area contributed by atoms with Gasteiger partial charge in [-0.2, -0.15) is 0 Å². The van der Waals surface area contributed by atoms with Crippen LogP contribution >= 0.6 is 0 Å². The van der Waals surface area contributed by atoms with E-state index in [9.17, 15) is 0 Å². The highest BCUT2D eigenvalue weighted by Crippen LogP contribution is 2.22. The fraction of sp³-hybridized carbons (Fsp3) is 0.105. The minimum absolute atomic E-state index is 0.543. The largest absolute Gasteiger partial charge is 0.383 e. The lowest BCUT2D eigenvalue weighted by Gasteiger charge is -2.04. The van der Waals surface area contributed by atoms with E-state index >= 15 is 0 Å². The molecule has 104 valence electrons. The Labute approximate surface area is 125 Å². The van der Waals surface area contributed by atoms with Crippen molar-refractivity contribution >= 4 is 22.3 Å². The maximum absolute atomic E-state index is 6.10. The van der Waals surface area contributed by atoms with E-state index in [4.69, 9.17) is 5.73 Å². The fourth-order valence-electron chi connectivity index (χ4n) is 2.35. The van der Waals surface area contributed by atoms with Crippen LogP contribution in [-0.4, -0.2) is 5.84 Å². The molecule has 2 N–H and O–H groups in total. The van der Waals surface area contributed by atoms with Crippen molar-refractivity contribution in [1.82, 2.24) is 0 Å². The van der Waals surface area contributed by atoms with E-state index < -0.39 is 0 Å². The second-order valence-corrected chi connectivity index (χ2v) is 5.40. The summed E-state index contributed by atoms with van der Waals surface area (Å²) in [5.41, 5.74) is 10.4. The maximum Gasteiger partial charge on any atom is 0.131 e. The minimum atomic E-state index is 0.543. The lowest BCUT2D eigenvalue weighted by Crippen LogP contribution is -2.12. The molecule has 0 unspecified atom stereocenters. The molecular weight excluding hydrogens is 256 g/mol. The summed E-state index contributed by atoms with van der Waals surface area (Å²) in [5, 5.41) is 2.40. The monoisotopic (exact) mass is 274 g/mol. The van der Waals surface area contributed by atoms with Gasteiger partial charge in [-0.15, -0.1) is 0 Å². The number of aliphatic imine (C=N–C) groups is 1. The van der Waals surface area contributed by atoms with Gasteiger partial charge in [0.1, 0.15) is 5.84 Å². The van der Waals surface area contributed by atoms with Gasteiger partial charge in [-0.05, 0) is 36.8 Å². The summed E-state index contributed by atoms with van der Waals surface area (Å²) in [7, 11) is 0. The number of hydrogen-bond donors (Lipinski definition) is 1. The number of fused-ring (bicyclic) bond motifs is 1. The molecule has 0 amide bonds. The molecule has 0 bridgehead atoms. The van der Waals surface area contributed by atoms with Crippen molar-refractivity contribution in [2.24, 2.45) is 10.7 Å². The van der Waals surface area contributed by atoms with Crippen molar-refractivity contribution in [2.75, 3.05) is 0 Å². The molecule has 0 aliphatic heterocycles. The second kappa shape index (κ2) is 5.41. The average Bonchev–Trinajstić information content (AvgIpc) is 2.48. The first-order chi connectivity index (χ1) is 10.1. The van der Waals surface area contributed by atoms with Crippen molar-refractivity contribution in [1.29, 1.82) is 0 Å². The summed E-state index contributed by atoms with van der Waals surface area (Å²) < 4.78 is 0. The summed E-state index contributed by atoms with van der Waals surface area (Å²) in [4.78, 5) is 4.53. The van der Waals surface area contributed by atoms with Crippen LogP contribution in [0, 0.1) is 13.8 Å². The molecule has 0 spiro atoms. The van der Waals surface area contributed by atoms with Gasteiger partial charge < -0.3 is 5.73 Å². The normalized spacial score (nSPS) is 11.8. The van der Waals surface area contributed by atoms with Gasteiger partial charge in [0.2, 0.25) is 0 Å². The van der Waals surface area contributed by atoms with Crippen molar-refractivity contribution < 1.29 is 0 Å². The number of nitrogens with two attached hydrogens (primary N) is 1. The Morgan fingerprint density at radius 2 is 1.38 bits per heavy atom. The molecule has 2 nitrogen and oxygen atoms in total. The molecule has 0 aliphatic rings. The zero-order chi connectivity index (χ0) is 14.8. The Balaban J connectivity index is 1.98. The summed E-state index contributed by atoms with van der Waals surface area (Å²) >= 11 is 0. The molecule has 21 heavy (non-hydrogen) atoms. The molecule has 3 rings (SSSR count). The van der Waals surface area contributed by atoms with Crippen LogP contribution in [0.2, 0.25) is 0 Å². The van der Waals surface area contributed by atoms with Gasteiger partial charge in [0, 0.05) is 5.56 Å². The highest BCUT2D eigenvalue weighted by Gasteiger charge is 2.00. The number of aryl methyl sites for hydroxylation is 2. The molecule has 0 saturated carbocycles. The van der Waals surface area contributed by atoms with Crippen LogP contribution in [0.15, 0.2) is 65.7 Å². The van der Waals surface area contributed by atoms with Crippen molar-refractivity contribution in [3.63, 3.8) is 0 Å². The number of rotatable bonds is 2. The molecule has 3 aromatic rings. The maximum atomic E-state index is 6.10. The number of amidine groups is 1. The van der Waals surface area contributed by atoms with E-state index in [1.54, 1.807) is 0 Å². The first-order valence-corrected chi connectivity index (χ1v) is 7.03. The number of nitrogens with zero attached hydrogens (tertiary/aromatic N) is 1. The molecule has 2 heteroatoms. The lowest BCUT2D eigenvalue weighted by molar-refractivity contribution is 1.42. The third-order valence-electron chi connectivity index (χ3n) is 3.58. The molecular formula is C19H18N2. The van der Waals surface area contributed by atoms with Crippen molar-refractivity contribution in [2.45, 2.75) is 13.8 Å². The fourth-order valence-corrected chi connectivity index (χ4v) is 2.35. The highest BCUT2D eigenvalue weighted by molar-refractivity contribution is 5.99. The molecule has 0 aliphatic carbocycles. The predicted molar refractivity (Wildman–Crippen MR) is 90.2 cm³/mol. The Morgan fingerprint density at radius 1 is 0.762 bits per heavy atom. The molecule has 0 heterocycles. The summed E-state index contributed by atoms with van der Waals surface area (Å²) in [5.74, 6) is 0.543. The molecule has 0 atom stereocenters. The van der Waals surface area contributed by atoms with Gasteiger partial charge in [-0.25, -0.2) is 4.99 Å². The van der Waals surface area contributed by atoms with E-state index in [0.717, 1.165) is 11.3 Å². The van der Waals surface area contributed by atoms with Crippen LogP contribution in [0.25, 0.3) is 10.8 Å². The molecule has 0 aromatic heterocycles. The van der Waals surface area contributed by atoms with Gasteiger partial charge in [0.05, 0.1) is 5.69 Å². The third kappa shape index (κ3) is 2.95. The van der Waals surface area contributed by atoms with E-state index in [-0.39, 0.29) is 0 Å². The average molecular weight is 274 g/mol. The quantitative estimate of drug-likeness (QED) is 0.542. The van der Waals surface area contributed by atoms with Crippen molar-refractivity contribution in [3.8, 4) is 0 Å². The summed E-state index contributed by atoms with van der Waals surface area (Å²) in [6, 6.07) is 20.6. The summed E-state index contributed by atoms with van der Waals surface area (Å²) in [6.45, 7) is 4.16. The number of benzene rings is 3. The van der Waals surface area contributed by atoms with Gasteiger partial charge in [0.25, 0.3) is 0 Å². The molecule has 0 fully saturated rings. The number of hydrogen-bond acceptors (Lipinski definition) is 1. The SMILES string of the molecule is Cc1ccc(C(N)=Nc2ccc3cc(C)ccc3c2)cc1. The zero-order valence-corrected chi connectivity index (χ0v) is 12.3. The third-order valence-corrected chi connectivity index (χ3v) is 3.58. The van der Waals surface area contributed by atoms with Crippen LogP contribution in [-0.2, 0) is 0 Å². The van der Waals surface area contributed by atoms with Crippen LogP contribution in [0.5, 0.6) is 0 Å². The molecule has 3 aromatic carbocycles. The molecule has 0 radical (unpaired) electrons. The Kier molecular flexibility index (Phi) is 3.44. The van der Waals surface area contributed by atoms with E-state index in [0.29, 0.717) is 5.84 Å². The Hall–Kier alpha value is -2.61. The van der Waals surface area contributed by atoms with Crippen molar-refractivity contribution in [3.05, 3.63) is 77.4 Å². The highest BCUT2D eigenvalue weighted by atomic mass is 14.9. The van der Waals surface area contributed by atoms with E-state index in [1.165, 1.54) is 21.9 Å². The Bertz CT molecular complexity index is 815. The zero-order valence-electron chi connectivity index (χ0n) is 12.3. The summed E-state index contributed by atoms with van der Waals surface area (Å²) in [6.07, 6.45) is 0. The van der Waals surface area contributed by atoms with Crippen LogP contribution in [0.1, 0.15) is 16.7 Å². The van der Waals surface area contributed by atoms with E-state index in [2.05, 4.69) is 49.2 Å². The Morgan fingerprint density at radius 3 is 2.14 bits per heavy atom. The minimum Gasteiger partial charge on any atom is -0.383 e. The van der Waals surface area contributed by atoms with Crippen LogP contribution < -0.4 is 5.73 Å². The predicted octanol–water partition coefficient (Wildman–Crippen LogP) is 4.49. The molecule has 0 saturated heterocycles. The van der Waals surface area contributed by atoms with Gasteiger partial charge in [-0.1, -0.05) is 59.7 Å². The van der Waals surface area contributed by atoms with E-state index in [1.807, 2.05) is 30.3 Å².